The van der Waals surface area contributed by atoms with E-state index in [1.807, 2.05) is 13.8 Å². The first-order chi connectivity index (χ1) is 12.1. The van der Waals surface area contributed by atoms with Gasteiger partial charge < -0.3 is 10.6 Å². The highest BCUT2D eigenvalue weighted by Crippen LogP contribution is 2.33. The molecule has 3 atom stereocenters. The lowest BCUT2D eigenvalue weighted by atomic mass is 9.96. The van der Waals surface area contributed by atoms with Crippen molar-refractivity contribution >= 4 is 40.9 Å². The molecule has 1 aliphatic heterocycles. The summed E-state index contributed by atoms with van der Waals surface area (Å²) in [6.07, 6.45) is -3.83. The Labute approximate surface area is 158 Å². The van der Waals surface area contributed by atoms with Gasteiger partial charge in [0.1, 0.15) is 5.50 Å². The minimum atomic E-state index is -4.53. The van der Waals surface area contributed by atoms with E-state index in [0.29, 0.717) is 6.42 Å². The van der Waals surface area contributed by atoms with Crippen LogP contribution in [0.5, 0.6) is 0 Å². The number of rotatable bonds is 5. The molecule has 3 unspecified atom stereocenters. The largest absolute Gasteiger partial charge is 0.416 e. The van der Waals surface area contributed by atoms with E-state index in [0.717, 1.165) is 30.0 Å². The topological polar surface area (TPSA) is 70.2 Å². The minimum absolute atomic E-state index is 0.0138. The summed E-state index contributed by atoms with van der Waals surface area (Å²) in [7, 11) is 0. The summed E-state index contributed by atoms with van der Waals surface area (Å²) in [5.41, 5.74) is -1.44. The van der Waals surface area contributed by atoms with Crippen molar-refractivity contribution in [2.45, 2.75) is 38.0 Å². The summed E-state index contributed by atoms with van der Waals surface area (Å²) in [4.78, 5) is 24.0. The number of nitrogens with one attached hydrogen (secondary N) is 3. The van der Waals surface area contributed by atoms with Gasteiger partial charge >= 0.3 is 6.18 Å². The van der Waals surface area contributed by atoms with Crippen LogP contribution in [0.2, 0.25) is 5.02 Å². The SMILES string of the molecule is CCC1C(=O)NC(SCC(=O)Nc2cc(C(F)(F)F)ccc2Cl)NC1C. The first kappa shape index (κ1) is 20.9. The van der Waals surface area contributed by atoms with Crippen LogP contribution in [0.3, 0.4) is 0 Å². The number of carbonyl (C=O) groups is 2. The van der Waals surface area contributed by atoms with Gasteiger partial charge in [-0.15, -0.1) is 11.8 Å². The fourth-order valence-electron chi connectivity index (χ4n) is 2.63. The normalized spacial score (nSPS) is 23.5. The van der Waals surface area contributed by atoms with E-state index in [1.54, 1.807) is 0 Å². The van der Waals surface area contributed by atoms with E-state index in [1.165, 1.54) is 0 Å². The van der Waals surface area contributed by atoms with E-state index in [-0.39, 0.29) is 34.3 Å². The van der Waals surface area contributed by atoms with Gasteiger partial charge in [-0.3, -0.25) is 14.9 Å². The molecule has 26 heavy (non-hydrogen) atoms. The Morgan fingerprint density at radius 2 is 2.08 bits per heavy atom. The monoisotopic (exact) mass is 409 g/mol. The molecule has 0 radical (unpaired) electrons. The number of alkyl halides is 3. The van der Waals surface area contributed by atoms with Crippen molar-refractivity contribution in [3.63, 3.8) is 0 Å². The average Bonchev–Trinajstić information content (AvgIpc) is 2.53. The third kappa shape index (κ3) is 5.28. The molecule has 1 saturated heterocycles. The number of hydrogen-bond donors (Lipinski definition) is 3. The van der Waals surface area contributed by atoms with Gasteiger partial charge in [-0.1, -0.05) is 18.5 Å². The van der Waals surface area contributed by atoms with E-state index >= 15 is 0 Å². The maximum absolute atomic E-state index is 12.8. The number of amides is 2. The van der Waals surface area contributed by atoms with Gasteiger partial charge in [-0.25, -0.2) is 0 Å². The Hall–Kier alpha value is -1.45. The van der Waals surface area contributed by atoms with Crippen LogP contribution in [0, 0.1) is 5.92 Å². The standard InChI is InChI=1S/C16H19ClF3N3O2S/c1-3-10-8(2)21-15(23-14(10)25)26-7-13(24)22-12-6-9(16(18,19)20)4-5-11(12)17/h4-6,8,10,15,21H,3,7H2,1-2H3,(H,22,24)(H,23,25). The van der Waals surface area contributed by atoms with Gasteiger partial charge in [0.15, 0.2) is 0 Å². The third-order valence-corrected chi connectivity index (χ3v) is 5.36. The number of thioether (sulfide) groups is 1. The second-order valence-corrected chi connectivity index (χ2v) is 7.41. The zero-order chi connectivity index (χ0) is 19.5. The second-order valence-electron chi connectivity index (χ2n) is 5.91. The lowest BCUT2D eigenvalue weighted by Gasteiger charge is -2.34. The molecule has 1 aliphatic rings. The summed E-state index contributed by atoms with van der Waals surface area (Å²) in [6, 6.07) is 2.69. The van der Waals surface area contributed by atoms with Gasteiger partial charge in [0, 0.05) is 6.04 Å². The molecule has 10 heteroatoms. The average molecular weight is 410 g/mol. The summed E-state index contributed by atoms with van der Waals surface area (Å²) in [5.74, 6) is -0.798. The van der Waals surface area contributed by atoms with Crippen molar-refractivity contribution < 1.29 is 22.8 Å². The van der Waals surface area contributed by atoms with E-state index in [9.17, 15) is 22.8 Å². The van der Waals surface area contributed by atoms with Crippen LogP contribution in [0.15, 0.2) is 18.2 Å². The van der Waals surface area contributed by atoms with Crippen LogP contribution >= 0.6 is 23.4 Å². The summed E-state index contributed by atoms with van der Waals surface area (Å²) in [6.45, 7) is 3.81. The Bertz CT molecular complexity index is 687. The van der Waals surface area contributed by atoms with Crippen LogP contribution in [0.4, 0.5) is 18.9 Å². The number of carbonyl (C=O) groups excluding carboxylic acids is 2. The van der Waals surface area contributed by atoms with Crippen LogP contribution < -0.4 is 16.0 Å². The molecular formula is C16H19ClF3N3O2S. The molecule has 0 aliphatic carbocycles. The molecule has 2 rings (SSSR count). The molecule has 0 bridgehead atoms. The molecular weight excluding hydrogens is 391 g/mol. The molecule has 5 nitrogen and oxygen atoms in total. The molecule has 1 heterocycles. The van der Waals surface area contributed by atoms with Crippen molar-refractivity contribution in [3.8, 4) is 0 Å². The van der Waals surface area contributed by atoms with Gasteiger partial charge in [-0.05, 0) is 31.5 Å². The number of halogens is 4. The van der Waals surface area contributed by atoms with Crippen LogP contribution in [-0.2, 0) is 15.8 Å². The van der Waals surface area contributed by atoms with Crippen LogP contribution in [0.25, 0.3) is 0 Å². The van der Waals surface area contributed by atoms with E-state index < -0.39 is 23.1 Å². The number of benzene rings is 1. The van der Waals surface area contributed by atoms with Crippen molar-refractivity contribution in [3.05, 3.63) is 28.8 Å². The molecule has 144 valence electrons. The highest BCUT2D eigenvalue weighted by molar-refractivity contribution is 8.00. The molecule has 0 spiro atoms. The first-order valence-corrected chi connectivity index (χ1v) is 9.39. The maximum atomic E-state index is 12.8. The maximum Gasteiger partial charge on any atom is 0.416 e. The fraction of sp³-hybridized carbons (Fsp3) is 0.500. The predicted molar refractivity (Wildman–Crippen MR) is 95.9 cm³/mol. The van der Waals surface area contributed by atoms with Crippen LogP contribution in [-0.4, -0.2) is 29.1 Å². The Morgan fingerprint density at radius 1 is 1.38 bits per heavy atom. The van der Waals surface area contributed by atoms with Gasteiger partial charge in [0.05, 0.1) is 27.9 Å². The molecule has 0 aromatic heterocycles. The van der Waals surface area contributed by atoms with E-state index in [2.05, 4.69) is 16.0 Å². The molecule has 0 saturated carbocycles. The van der Waals surface area contributed by atoms with Crippen molar-refractivity contribution in [2.75, 3.05) is 11.1 Å². The second kappa shape index (κ2) is 8.49. The fourth-order valence-corrected chi connectivity index (χ4v) is 3.70. The number of hydrogen-bond acceptors (Lipinski definition) is 4. The Kier molecular flexibility index (Phi) is 6.81. The minimum Gasteiger partial charge on any atom is -0.331 e. The van der Waals surface area contributed by atoms with Crippen molar-refractivity contribution in [1.29, 1.82) is 0 Å². The zero-order valence-corrected chi connectivity index (χ0v) is 15.7. The predicted octanol–water partition coefficient (Wildman–Crippen LogP) is 3.45. The molecule has 1 fully saturated rings. The summed E-state index contributed by atoms with van der Waals surface area (Å²) in [5, 5.41) is 8.34. The Balaban J connectivity index is 1.93. The number of anilines is 1. The van der Waals surface area contributed by atoms with Crippen molar-refractivity contribution in [1.82, 2.24) is 10.6 Å². The first-order valence-electron chi connectivity index (χ1n) is 7.96. The summed E-state index contributed by atoms with van der Waals surface area (Å²) >= 11 is 6.99. The lowest BCUT2D eigenvalue weighted by molar-refractivity contribution is -0.137. The highest BCUT2D eigenvalue weighted by Gasteiger charge is 2.33. The smallest absolute Gasteiger partial charge is 0.331 e. The molecule has 1 aromatic rings. The molecule has 3 N–H and O–H groups in total. The molecule has 1 aromatic carbocycles. The molecule has 2 amide bonds. The van der Waals surface area contributed by atoms with Gasteiger partial charge in [0.25, 0.3) is 0 Å². The van der Waals surface area contributed by atoms with E-state index in [4.69, 9.17) is 11.6 Å². The third-order valence-electron chi connectivity index (χ3n) is 4.02. The van der Waals surface area contributed by atoms with Gasteiger partial charge in [0.2, 0.25) is 11.8 Å². The quantitative estimate of drug-likeness (QED) is 0.696. The lowest BCUT2D eigenvalue weighted by Crippen LogP contribution is -2.59. The van der Waals surface area contributed by atoms with Gasteiger partial charge in [-0.2, -0.15) is 13.2 Å². The van der Waals surface area contributed by atoms with Crippen molar-refractivity contribution in [2.24, 2.45) is 5.92 Å². The summed E-state index contributed by atoms with van der Waals surface area (Å²) < 4.78 is 38.3. The highest BCUT2D eigenvalue weighted by atomic mass is 35.5. The van der Waals surface area contributed by atoms with Crippen LogP contribution in [0.1, 0.15) is 25.8 Å². The zero-order valence-electron chi connectivity index (χ0n) is 14.1. The Morgan fingerprint density at radius 3 is 2.65 bits per heavy atom.